The minimum Gasteiger partial charge on any atom is -0.389 e. The summed E-state index contributed by atoms with van der Waals surface area (Å²) in [5.74, 6) is 0.759. The predicted octanol–water partition coefficient (Wildman–Crippen LogP) is 1.44. The zero-order valence-corrected chi connectivity index (χ0v) is 11.3. The summed E-state index contributed by atoms with van der Waals surface area (Å²) >= 11 is 1.58. The molecule has 1 unspecified atom stereocenters. The Morgan fingerprint density at radius 3 is 3.06 bits per heavy atom. The number of thiazole rings is 1. The Balaban J connectivity index is 0.00000144. The van der Waals surface area contributed by atoms with E-state index >= 15 is 0 Å². The van der Waals surface area contributed by atoms with Gasteiger partial charge in [-0.3, -0.25) is 0 Å². The topological polar surface area (TPSA) is 54.4 Å². The molecule has 2 N–H and O–H groups in total. The smallest absolute Gasteiger partial charge is 0.0897 e. The summed E-state index contributed by atoms with van der Waals surface area (Å²) < 4.78 is 5.40. The number of rotatable bonds is 8. The van der Waals surface area contributed by atoms with E-state index in [-0.39, 0.29) is 12.4 Å². The Kier molecular flexibility index (Phi) is 6.99. The zero-order valence-electron chi connectivity index (χ0n) is 9.67. The van der Waals surface area contributed by atoms with Gasteiger partial charge in [0.05, 0.1) is 23.9 Å². The van der Waals surface area contributed by atoms with Crippen LogP contribution in [0.4, 0.5) is 0 Å². The number of hydrogen-bond acceptors (Lipinski definition) is 5. The van der Waals surface area contributed by atoms with Gasteiger partial charge >= 0.3 is 0 Å². The molecule has 0 saturated heterocycles. The van der Waals surface area contributed by atoms with Gasteiger partial charge in [-0.2, -0.15) is 0 Å². The molecule has 0 bridgehead atoms. The lowest BCUT2D eigenvalue weighted by atomic mass is 10.3. The van der Waals surface area contributed by atoms with Gasteiger partial charge in [0.1, 0.15) is 0 Å². The Labute approximate surface area is 112 Å². The van der Waals surface area contributed by atoms with Gasteiger partial charge in [-0.25, -0.2) is 4.98 Å². The van der Waals surface area contributed by atoms with E-state index < -0.39 is 6.10 Å². The minimum absolute atomic E-state index is 0. The second kappa shape index (κ2) is 8.00. The van der Waals surface area contributed by atoms with Crippen molar-refractivity contribution in [3.8, 4) is 0 Å². The van der Waals surface area contributed by atoms with E-state index in [2.05, 4.69) is 10.3 Å². The van der Waals surface area contributed by atoms with Crippen molar-refractivity contribution in [3.05, 3.63) is 16.6 Å². The van der Waals surface area contributed by atoms with Crippen LogP contribution >= 0.6 is 23.7 Å². The third-order valence-corrected chi connectivity index (χ3v) is 3.17. The highest BCUT2D eigenvalue weighted by Gasteiger charge is 2.21. The Morgan fingerprint density at radius 1 is 1.59 bits per heavy atom. The normalized spacial score (nSPS) is 16.5. The summed E-state index contributed by atoms with van der Waals surface area (Å²) in [6.45, 7) is 2.51. The van der Waals surface area contributed by atoms with Gasteiger partial charge in [0.15, 0.2) is 0 Å². The maximum absolute atomic E-state index is 9.61. The van der Waals surface area contributed by atoms with E-state index in [0.717, 1.165) is 18.2 Å². The first-order valence-electron chi connectivity index (χ1n) is 5.68. The molecule has 0 radical (unpaired) electrons. The van der Waals surface area contributed by atoms with Crippen molar-refractivity contribution in [1.82, 2.24) is 10.3 Å². The molecule has 6 heteroatoms. The first kappa shape index (κ1) is 14.9. The molecule has 0 aromatic carbocycles. The third-order valence-electron chi connectivity index (χ3n) is 2.53. The summed E-state index contributed by atoms with van der Waals surface area (Å²) in [4.78, 5) is 4.15. The number of nitrogens with zero attached hydrogens (tertiary/aromatic N) is 1. The maximum Gasteiger partial charge on any atom is 0.0897 e. The Hall–Kier alpha value is -0.200. The van der Waals surface area contributed by atoms with Crippen molar-refractivity contribution in [2.75, 3.05) is 19.8 Å². The van der Waals surface area contributed by atoms with Crippen molar-refractivity contribution in [2.45, 2.75) is 25.5 Å². The molecule has 1 heterocycles. The number of ether oxygens (including phenoxy) is 1. The maximum atomic E-state index is 9.61. The van der Waals surface area contributed by atoms with Gasteiger partial charge in [0.25, 0.3) is 0 Å². The molecule has 4 nitrogen and oxygen atoms in total. The highest BCUT2D eigenvalue weighted by atomic mass is 35.5. The van der Waals surface area contributed by atoms with Crippen LogP contribution in [0.2, 0.25) is 0 Å². The number of aliphatic hydroxyl groups is 1. The van der Waals surface area contributed by atoms with Crippen LogP contribution in [0, 0.1) is 5.92 Å². The molecule has 0 aliphatic heterocycles. The molecule has 0 amide bonds. The summed E-state index contributed by atoms with van der Waals surface area (Å²) in [6.07, 6.45) is 2.16. The van der Waals surface area contributed by atoms with Crippen molar-refractivity contribution >= 4 is 23.7 Å². The van der Waals surface area contributed by atoms with Gasteiger partial charge in [0, 0.05) is 25.1 Å². The van der Waals surface area contributed by atoms with Gasteiger partial charge < -0.3 is 15.2 Å². The first-order chi connectivity index (χ1) is 7.84. The summed E-state index contributed by atoms with van der Waals surface area (Å²) in [5, 5.41) is 14.8. The molecule has 1 fully saturated rings. The van der Waals surface area contributed by atoms with Crippen molar-refractivity contribution < 1.29 is 9.84 Å². The van der Waals surface area contributed by atoms with Crippen molar-refractivity contribution in [2.24, 2.45) is 5.92 Å². The van der Waals surface area contributed by atoms with Gasteiger partial charge in [-0.15, -0.1) is 23.7 Å². The lowest BCUT2D eigenvalue weighted by Crippen LogP contribution is -2.30. The fraction of sp³-hybridized carbons (Fsp3) is 0.727. The first-order valence-corrected chi connectivity index (χ1v) is 6.62. The molecule has 1 atom stereocenters. The number of halogens is 1. The average molecular weight is 279 g/mol. The van der Waals surface area contributed by atoms with Crippen molar-refractivity contribution in [1.29, 1.82) is 0 Å². The SMILES string of the molecule is Cl.OC(CNCc1cscn1)COCC1CC1. The quantitative estimate of drug-likeness (QED) is 0.756. The summed E-state index contributed by atoms with van der Waals surface area (Å²) in [5.41, 5.74) is 2.84. The highest BCUT2D eigenvalue weighted by Crippen LogP contribution is 2.28. The van der Waals surface area contributed by atoms with Crippen LogP contribution in [0.15, 0.2) is 10.9 Å². The molecule has 98 valence electrons. The van der Waals surface area contributed by atoms with Crippen LogP contribution in [0.25, 0.3) is 0 Å². The molecule has 1 aromatic rings. The molecular formula is C11H19ClN2O2S. The molecule has 1 aromatic heterocycles. The van der Waals surface area contributed by atoms with E-state index in [1.54, 1.807) is 11.3 Å². The lowest BCUT2D eigenvalue weighted by Gasteiger charge is -2.11. The highest BCUT2D eigenvalue weighted by molar-refractivity contribution is 7.07. The molecule has 1 aliphatic carbocycles. The van der Waals surface area contributed by atoms with Gasteiger partial charge in [-0.05, 0) is 18.8 Å². The van der Waals surface area contributed by atoms with Crippen LogP contribution in [-0.2, 0) is 11.3 Å². The lowest BCUT2D eigenvalue weighted by molar-refractivity contribution is 0.0324. The Morgan fingerprint density at radius 2 is 2.41 bits per heavy atom. The largest absolute Gasteiger partial charge is 0.389 e. The van der Waals surface area contributed by atoms with Crippen LogP contribution < -0.4 is 5.32 Å². The van der Waals surface area contributed by atoms with Crippen LogP contribution in [0.5, 0.6) is 0 Å². The van der Waals surface area contributed by atoms with Crippen LogP contribution in [0.3, 0.4) is 0 Å². The van der Waals surface area contributed by atoms with E-state index in [0.29, 0.717) is 19.7 Å². The molecule has 2 rings (SSSR count). The Bertz CT molecular complexity index is 294. The summed E-state index contributed by atoms with van der Waals surface area (Å²) in [6, 6.07) is 0. The van der Waals surface area contributed by atoms with E-state index in [9.17, 15) is 5.11 Å². The fourth-order valence-electron chi connectivity index (χ4n) is 1.41. The molecular weight excluding hydrogens is 260 g/mol. The molecule has 0 spiro atoms. The molecule has 1 aliphatic rings. The van der Waals surface area contributed by atoms with Crippen LogP contribution in [0.1, 0.15) is 18.5 Å². The van der Waals surface area contributed by atoms with Gasteiger partial charge in [0.2, 0.25) is 0 Å². The third kappa shape index (κ3) is 6.33. The number of aliphatic hydroxyl groups excluding tert-OH is 1. The van der Waals surface area contributed by atoms with E-state index in [1.165, 1.54) is 12.8 Å². The second-order valence-electron chi connectivity index (χ2n) is 4.25. The predicted molar refractivity (Wildman–Crippen MR) is 70.6 cm³/mol. The fourth-order valence-corrected chi connectivity index (χ4v) is 1.96. The number of nitrogens with one attached hydrogen (secondary N) is 1. The zero-order chi connectivity index (χ0) is 11.2. The molecule has 1 saturated carbocycles. The minimum atomic E-state index is -0.419. The standard InChI is InChI=1S/C11H18N2O2S.ClH/c14-11(6-15-5-9-1-2-9)4-12-3-10-7-16-8-13-10;/h7-9,11-12,14H,1-6H2;1H. The number of hydrogen-bond donors (Lipinski definition) is 2. The number of aromatic nitrogens is 1. The average Bonchev–Trinajstić information content (AvgIpc) is 2.94. The monoisotopic (exact) mass is 278 g/mol. The molecule has 17 heavy (non-hydrogen) atoms. The second-order valence-corrected chi connectivity index (χ2v) is 4.96. The van der Waals surface area contributed by atoms with Gasteiger partial charge in [-0.1, -0.05) is 0 Å². The van der Waals surface area contributed by atoms with E-state index in [4.69, 9.17) is 4.74 Å². The van der Waals surface area contributed by atoms with Crippen molar-refractivity contribution in [3.63, 3.8) is 0 Å². The summed E-state index contributed by atoms with van der Waals surface area (Å²) in [7, 11) is 0. The van der Waals surface area contributed by atoms with Crippen LogP contribution in [-0.4, -0.2) is 36.0 Å². The van der Waals surface area contributed by atoms with E-state index in [1.807, 2.05) is 10.9 Å².